The summed E-state index contributed by atoms with van der Waals surface area (Å²) in [6.07, 6.45) is 11.9. The third-order valence-corrected chi connectivity index (χ3v) is 6.25. The standard InChI is InChI=1S/C25H30N6O2/c1-3-32-22-11-19-10-17(2)33-23(19)12-20(22)16-31-8-4-18(5-9-31)21-13-27-15-25(29-21)30-24-14-26-6-7-28-24/h6-7,11-15,17-18H,3-5,8-10,16H2,1-2H3,(H,28,29,30)/t17-/m0/s1. The van der Waals surface area contributed by atoms with Gasteiger partial charge in [0.25, 0.3) is 0 Å². The molecular weight excluding hydrogens is 416 g/mol. The number of hydrogen-bond acceptors (Lipinski definition) is 8. The molecule has 0 amide bonds. The lowest BCUT2D eigenvalue weighted by Crippen LogP contribution is -2.33. The molecule has 0 radical (unpaired) electrons. The van der Waals surface area contributed by atoms with Gasteiger partial charge in [0.1, 0.15) is 29.2 Å². The van der Waals surface area contributed by atoms with Gasteiger partial charge in [-0.15, -0.1) is 0 Å². The second-order valence-electron chi connectivity index (χ2n) is 8.73. The zero-order valence-corrected chi connectivity index (χ0v) is 19.2. The fourth-order valence-corrected chi connectivity index (χ4v) is 4.66. The average Bonchev–Trinajstić information content (AvgIpc) is 3.19. The molecular formula is C25H30N6O2. The Labute approximate surface area is 194 Å². The molecule has 2 aliphatic rings. The Morgan fingerprint density at radius 3 is 2.73 bits per heavy atom. The topological polar surface area (TPSA) is 85.3 Å². The van der Waals surface area contributed by atoms with Gasteiger partial charge in [0.05, 0.1) is 24.7 Å². The number of likely N-dealkylation sites (tertiary alicyclic amines) is 1. The van der Waals surface area contributed by atoms with Crippen molar-refractivity contribution in [2.45, 2.75) is 51.7 Å². The molecule has 1 fully saturated rings. The van der Waals surface area contributed by atoms with Gasteiger partial charge in [0.15, 0.2) is 0 Å². The van der Waals surface area contributed by atoms with Gasteiger partial charge in [-0.2, -0.15) is 0 Å². The van der Waals surface area contributed by atoms with Gasteiger partial charge in [-0.25, -0.2) is 9.97 Å². The van der Waals surface area contributed by atoms with Crippen molar-refractivity contribution in [3.8, 4) is 11.5 Å². The number of aromatic nitrogens is 4. The molecule has 172 valence electrons. The maximum absolute atomic E-state index is 5.99. The predicted octanol–water partition coefficient (Wildman–Crippen LogP) is 4.11. The highest BCUT2D eigenvalue weighted by molar-refractivity contribution is 5.49. The van der Waals surface area contributed by atoms with Crippen LogP contribution in [0, 0.1) is 0 Å². The summed E-state index contributed by atoms with van der Waals surface area (Å²) in [5.41, 5.74) is 3.48. The highest BCUT2D eigenvalue weighted by Crippen LogP contribution is 2.36. The van der Waals surface area contributed by atoms with Crippen molar-refractivity contribution in [3.63, 3.8) is 0 Å². The van der Waals surface area contributed by atoms with Gasteiger partial charge in [0, 0.05) is 48.6 Å². The summed E-state index contributed by atoms with van der Waals surface area (Å²) in [5.74, 6) is 3.76. The summed E-state index contributed by atoms with van der Waals surface area (Å²) in [6.45, 7) is 7.71. The van der Waals surface area contributed by atoms with E-state index in [1.165, 1.54) is 11.1 Å². The van der Waals surface area contributed by atoms with E-state index >= 15 is 0 Å². The van der Waals surface area contributed by atoms with E-state index in [0.29, 0.717) is 24.2 Å². The van der Waals surface area contributed by atoms with Crippen LogP contribution in [-0.4, -0.2) is 50.6 Å². The molecule has 2 aliphatic heterocycles. The first-order valence-electron chi connectivity index (χ1n) is 11.7. The fourth-order valence-electron chi connectivity index (χ4n) is 4.66. The maximum atomic E-state index is 5.99. The highest BCUT2D eigenvalue weighted by Gasteiger charge is 2.25. The number of anilines is 2. The minimum absolute atomic E-state index is 0.237. The van der Waals surface area contributed by atoms with E-state index < -0.39 is 0 Å². The minimum atomic E-state index is 0.237. The normalized spacial score (nSPS) is 18.5. The number of ether oxygens (including phenoxy) is 2. The molecule has 0 saturated carbocycles. The Balaban J connectivity index is 1.22. The minimum Gasteiger partial charge on any atom is -0.494 e. The molecule has 4 heterocycles. The van der Waals surface area contributed by atoms with Gasteiger partial charge in [-0.3, -0.25) is 14.9 Å². The molecule has 5 rings (SSSR count). The van der Waals surface area contributed by atoms with E-state index in [0.717, 1.165) is 56.1 Å². The van der Waals surface area contributed by atoms with E-state index in [-0.39, 0.29) is 6.10 Å². The molecule has 1 saturated heterocycles. The zero-order valence-electron chi connectivity index (χ0n) is 19.2. The van der Waals surface area contributed by atoms with Crippen LogP contribution in [0.3, 0.4) is 0 Å². The van der Waals surface area contributed by atoms with Crippen molar-refractivity contribution in [2.75, 3.05) is 25.0 Å². The van der Waals surface area contributed by atoms with Crippen LogP contribution in [0.25, 0.3) is 0 Å². The Morgan fingerprint density at radius 2 is 1.94 bits per heavy atom. The average molecular weight is 447 g/mol. The summed E-state index contributed by atoms with van der Waals surface area (Å²) in [4.78, 5) is 20.0. The molecule has 0 aliphatic carbocycles. The zero-order chi connectivity index (χ0) is 22.6. The molecule has 8 nitrogen and oxygen atoms in total. The third kappa shape index (κ3) is 5.06. The molecule has 1 atom stereocenters. The van der Waals surface area contributed by atoms with Crippen molar-refractivity contribution >= 4 is 11.6 Å². The summed E-state index contributed by atoms with van der Waals surface area (Å²) in [7, 11) is 0. The van der Waals surface area contributed by atoms with Crippen LogP contribution in [0.4, 0.5) is 11.6 Å². The molecule has 2 aromatic heterocycles. The molecule has 0 spiro atoms. The van der Waals surface area contributed by atoms with Gasteiger partial charge < -0.3 is 14.8 Å². The van der Waals surface area contributed by atoms with E-state index in [4.69, 9.17) is 14.5 Å². The first kappa shape index (κ1) is 21.6. The molecule has 1 N–H and O–H groups in total. The number of piperidine rings is 1. The summed E-state index contributed by atoms with van der Waals surface area (Å²) in [6, 6.07) is 4.36. The second kappa shape index (κ2) is 9.70. The van der Waals surface area contributed by atoms with Gasteiger partial charge >= 0.3 is 0 Å². The van der Waals surface area contributed by atoms with Gasteiger partial charge in [-0.1, -0.05) is 0 Å². The Bertz CT molecular complexity index is 1090. The van der Waals surface area contributed by atoms with Crippen molar-refractivity contribution in [2.24, 2.45) is 0 Å². The van der Waals surface area contributed by atoms with Crippen molar-refractivity contribution < 1.29 is 9.47 Å². The SMILES string of the molecule is CCOc1cc2c(cc1CN1CCC(c3cncc(Nc4cnccn4)n3)CC1)O[C@@H](C)C2. The lowest BCUT2D eigenvalue weighted by Gasteiger charge is -2.32. The Morgan fingerprint density at radius 1 is 1.09 bits per heavy atom. The van der Waals surface area contributed by atoms with Crippen LogP contribution < -0.4 is 14.8 Å². The van der Waals surface area contributed by atoms with Gasteiger partial charge in [0.2, 0.25) is 0 Å². The number of nitrogens with one attached hydrogen (secondary N) is 1. The van der Waals surface area contributed by atoms with Crippen LogP contribution in [0.15, 0.2) is 43.1 Å². The second-order valence-corrected chi connectivity index (χ2v) is 8.73. The third-order valence-electron chi connectivity index (χ3n) is 6.25. The largest absolute Gasteiger partial charge is 0.494 e. The van der Waals surface area contributed by atoms with E-state index in [2.05, 4.69) is 44.2 Å². The number of hydrogen-bond donors (Lipinski definition) is 1. The van der Waals surface area contributed by atoms with E-state index in [1.54, 1.807) is 24.8 Å². The van der Waals surface area contributed by atoms with Crippen LogP contribution >= 0.6 is 0 Å². The van der Waals surface area contributed by atoms with Crippen molar-refractivity contribution in [1.29, 1.82) is 0 Å². The van der Waals surface area contributed by atoms with Crippen molar-refractivity contribution in [1.82, 2.24) is 24.8 Å². The molecule has 33 heavy (non-hydrogen) atoms. The number of benzene rings is 1. The van der Waals surface area contributed by atoms with E-state index in [1.807, 2.05) is 13.1 Å². The smallest absolute Gasteiger partial charge is 0.150 e. The molecule has 8 heteroatoms. The molecule has 0 unspecified atom stereocenters. The van der Waals surface area contributed by atoms with Crippen LogP contribution in [-0.2, 0) is 13.0 Å². The lowest BCUT2D eigenvalue weighted by atomic mass is 9.93. The fraction of sp³-hybridized carbons (Fsp3) is 0.440. The first-order valence-corrected chi connectivity index (χ1v) is 11.7. The summed E-state index contributed by atoms with van der Waals surface area (Å²) in [5, 5.41) is 3.18. The van der Waals surface area contributed by atoms with Crippen LogP contribution in [0.5, 0.6) is 11.5 Å². The predicted molar refractivity (Wildman–Crippen MR) is 126 cm³/mol. The number of fused-ring (bicyclic) bond motifs is 1. The Hall–Kier alpha value is -3.26. The molecule has 3 aromatic rings. The van der Waals surface area contributed by atoms with E-state index in [9.17, 15) is 0 Å². The maximum Gasteiger partial charge on any atom is 0.150 e. The Kier molecular flexibility index (Phi) is 6.35. The summed E-state index contributed by atoms with van der Waals surface area (Å²) >= 11 is 0. The quantitative estimate of drug-likeness (QED) is 0.580. The summed E-state index contributed by atoms with van der Waals surface area (Å²) < 4.78 is 12.0. The van der Waals surface area contributed by atoms with Crippen LogP contribution in [0.1, 0.15) is 49.4 Å². The van der Waals surface area contributed by atoms with Crippen LogP contribution in [0.2, 0.25) is 0 Å². The molecule has 1 aromatic carbocycles. The lowest BCUT2D eigenvalue weighted by molar-refractivity contribution is 0.199. The number of rotatable bonds is 7. The molecule has 0 bridgehead atoms. The van der Waals surface area contributed by atoms with Crippen molar-refractivity contribution in [3.05, 3.63) is 59.9 Å². The van der Waals surface area contributed by atoms with Gasteiger partial charge in [-0.05, 0) is 51.9 Å². The first-order chi connectivity index (χ1) is 16.2. The highest BCUT2D eigenvalue weighted by atomic mass is 16.5. The number of nitrogens with zero attached hydrogens (tertiary/aromatic N) is 5. The monoisotopic (exact) mass is 446 g/mol.